The van der Waals surface area contributed by atoms with Crippen LogP contribution in [-0.4, -0.2) is 31.9 Å². The summed E-state index contributed by atoms with van der Waals surface area (Å²) in [5.41, 5.74) is 2.96. The number of nitrogens with zero attached hydrogens (tertiary/aromatic N) is 4. The van der Waals surface area contributed by atoms with E-state index in [4.69, 9.17) is 0 Å². The lowest BCUT2D eigenvalue weighted by Crippen LogP contribution is -2.15. The van der Waals surface area contributed by atoms with Crippen molar-refractivity contribution in [3.05, 3.63) is 60.2 Å². The van der Waals surface area contributed by atoms with Gasteiger partial charge in [-0.15, -0.1) is 5.10 Å². The van der Waals surface area contributed by atoms with Gasteiger partial charge >= 0.3 is 0 Å². The van der Waals surface area contributed by atoms with Crippen LogP contribution >= 0.6 is 11.8 Å². The molecule has 0 aliphatic heterocycles. The van der Waals surface area contributed by atoms with E-state index in [0.29, 0.717) is 5.16 Å². The van der Waals surface area contributed by atoms with Crippen LogP contribution in [0.3, 0.4) is 0 Å². The number of hydrogen-bond donors (Lipinski definition) is 1. The molecule has 0 fully saturated rings. The van der Waals surface area contributed by atoms with Gasteiger partial charge in [-0.05, 0) is 45.7 Å². The zero-order valence-corrected chi connectivity index (χ0v) is 15.8. The summed E-state index contributed by atoms with van der Waals surface area (Å²) in [6, 6.07) is 17.5. The summed E-state index contributed by atoms with van der Waals surface area (Å²) in [5.74, 6) is 0.134. The first-order valence-corrected chi connectivity index (χ1v) is 9.29. The summed E-state index contributed by atoms with van der Waals surface area (Å²) in [6.07, 6.45) is 0. The Morgan fingerprint density at radius 2 is 1.77 bits per heavy atom. The summed E-state index contributed by atoms with van der Waals surface area (Å²) in [7, 11) is 0. The molecule has 0 aliphatic carbocycles. The van der Waals surface area contributed by atoms with E-state index in [9.17, 15) is 4.79 Å². The van der Waals surface area contributed by atoms with Crippen molar-refractivity contribution >= 4 is 23.4 Å². The third-order valence-electron chi connectivity index (χ3n) is 3.81. The lowest BCUT2D eigenvalue weighted by Gasteiger charge is -2.19. The van der Waals surface area contributed by atoms with Crippen LogP contribution in [0.2, 0.25) is 0 Å². The minimum absolute atomic E-state index is 0.0902. The molecule has 1 heterocycles. The average molecular weight is 367 g/mol. The third kappa shape index (κ3) is 4.49. The molecule has 0 saturated carbocycles. The van der Waals surface area contributed by atoms with Crippen LogP contribution in [0.1, 0.15) is 26.3 Å². The molecule has 1 N–H and O–H groups in total. The van der Waals surface area contributed by atoms with Gasteiger partial charge in [-0.3, -0.25) is 4.79 Å². The Hall–Kier alpha value is -2.67. The predicted molar refractivity (Wildman–Crippen MR) is 104 cm³/mol. The minimum Gasteiger partial charge on any atom is -0.325 e. The van der Waals surface area contributed by atoms with Crippen molar-refractivity contribution in [1.29, 1.82) is 0 Å². The lowest BCUT2D eigenvalue weighted by atomic mass is 9.87. The van der Waals surface area contributed by atoms with Gasteiger partial charge in [0, 0.05) is 5.69 Å². The maximum absolute atomic E-state index is 12.2. The van der Waals surface area contributed by atoms with Crippen molar-refractivity contribution < 1.29 is 4.79 Å². The molecule has 7 heteroatoms. The molecular formula is C19H21N5OS. The molecule has 0 spiro atoms. The zero-order chi connectivity index (χ0) is 18.6. The van der Waals surface area contributed by atoms with Crippen LogP contribution in [-0.2, 0) is 10.2 Å². The molecule has 134 valence electrons. The second-order valence-corrected chi connectivity index (χ2v) is 7.82. The summed E-state index contributed by atoms with van der Waals surface area (Å²) in [6.45, 7) is 6.48. The van der Waals surface area contributed by atoms with Gasteiger partial charge in [0.1, 0.15) is 0 Å². The molecule has 0 atom stereocenters. The molecule has 1 amide bonds. The molecule has 0 radical (unpaired) electrons. The van der Waals surface area contributed by atoms with Crippen LogP contribution in [0.4, 0.5) is 5.69 Å². The average Bonchev–Trinajstić information content (AvgIpc) is 3.09. The third-order valence-corrected chi connectivity index (χ3v) is 4.73. The van der Waals surface area contributed by atoms with Gasteiger partial charge < -0.3 is 5.32 Å². The molecule has 3 rings (SSSR count). The number of rotatable bonds is 5. The molecule has 0 aliphatic rings. The van der Waals surface area contributed by atoms with Crippen LogP contribution < -0.4 is 5.32 Å². The molecule has 3 aromatic rings. The molecule has 0 saturated heterocycles. The zero-order valence-electron chi connectivity index (χ0n) is 15.0. The number of hydrogen-bond acceptors (Lipinski definition) is 5. The molecule has 6 nitrogen and oxygen atoms in total. The van der Waals surface area contributed by atoms with E-state index in [1.807, 2.05) is 54.6 Å². The lowest BCUT2D eigenvalue weighted by molar-refractivity contribution is -0.113. The summed E-state index contributed by atoms with van der Waals surface area (Å²) >= 11 is 1.30. The molecule has 0 unspecified atom stereocenters. The van der Waals surface area contributed by atoms with E-state index < -0.39 is 0 Å². The summed E-state index contributed by atoms with van der Waals surface area (Å²) < 4.78 is 1.62. The normalized spacial score (nSPS) is 11.3. The summed E-state index contributed by atoms with van der Waals surface area (Å²) in [4.78, 5) is 12.2. The number of thioether (sulfide) groups is 1. The standard InChI is InChI=1S/C19H21N5OS/c1-19(2,3)14-9-11-15(12-10-14)20-17(25)13-26-18-21-22-23-24(18)16-7-5-4-6-8-16/h4-12H,13H2,1-3H3,(H,20,25). The fourth-order valence-electron chi connectivity index (χ4n) is 2.38. The van der Waals surface area contributed by atoms with E-state index in [1.54, 1.807) is 4.68 Å². The number of carbonyl (C=O) groups excluding carboxylic acids is 1. The quantitative estimate of drug-likeness (QED) is 0.696. The predicted octanol–water partition coefficient (Wildman–Crippen LogP) is 3.69. The smallest absolute Gasteiger partial charge is 0.234 e. The van der Waals surface area contributed by atoms with Crippen molar-refractivity contribution in [2.24, 2.45) is 0 Å². The number of benzene rings is 2. The molecule has 1 aromatic heterocycles. The Morgan fingerprint density at radius 1 is 1.08 bits per heavy atom. The van der Waals surface area contributed by atoms with E-state index in [-0.39, 0.29) is 17.1 Å². The van der Waals surface area contributed by atoms with Crippen LogP contribution in [0.5, 0.6) is 0 Å². The van der Waals surface area contributed by atoms with Crippen molar-refractivity contribution in [3.8, 4) is 5.69 Å². The van der Waals surface area contributed by atoms with E-state index >= 15 is 0 Å². The molecule has 0 bridgehead atoms. The highest BCUT2D eigenvalue weighted by Gasteiger charge is 2.14. The fourth-order valence-corrected chi connectivity index (χ4v) is 3.07. The first-order valence-electron chi connectivity index (χ1n) is 8.30. The Bertz CT molecular complexity index is 869. The van der Waals surface area contributed by atoms with Gasteiger partial charge in [-0.1, -0.05) is 62.9 Å². The van der Waals surface area contributed by atoms with Crippen molar-refractivity contribution in [1.82, 2.24) is 20.2 Å². The number of amides is 1. The topological polar surface area (TPSA) is 72.7 Å². The number of nitrogens with one attached hydrogen (secondary N) is 1. The molecular weight excluding hydrogens is 346 g/mol. The molecule has 26 heavy (non-hydrogen) atoms. The van der Waals surface area contributed by atoms with Crippen molar-refractivity contribution in [2.75, 3.05) is 11.1 Å². The first kappa shape index (κ1) is 18.1. The number of carbonyl (C=O) groups is 1. The highest BCUT2D eigenvalue weighted by molar-refractivity contribution is 7.99. The monoisotopic (exact) mass is 367 g/mol. The Balaban J connectivity index is 1.59. The largest absolute Gasteiger partial charge is 0.325 e. The Morgan fingerprint density at radius 3 is 2.42 bits per heavy atom. The van der Waals surface area contributed by atoms with Crippen LogP contribution in [0.15, 0.2) is 59.8 Å². The number of para-hydroxylation sites is 1. The Kier molecular flexibility index (Phi) is 5.37. The fraction of sp³-hybridized carbons (Fsp3) is 0.263. The second-order valence-electron chi connectivity index (χ2n) is 6.87. The maximum atomic E-state index is 12.2. The summed E-state index contributed by atoms with van der Waals surface area (Å²) in [5, 5.41) is 15.2. The van der Waals surface area contributed by atoms with Crippen LogP contribution in [0.25, 0.3) is 5.69 Å². The van der Waals surface area contributed by atoms with Gasteiger partial charge in [-0.2, -0.15) is 4.68 Å². The van der Waals surface area contributed by atoms with Gasteiger partial charge in [0.2, 0.25) is 11.1 Å². The number of anilines is 1. The van der Waals surface area contributed by atoms with Crippen molar-refractivity contribution in [3.63, 3.8) is 0 Å². The van der Waals surface area contributed by atoms with Crippen LogP contribution in [0, 0.1) is 0 Å². The minimum atomic E-state index is -0.0962. The van der Waals surface area contributed by atoms with Gasteiger partial charge in [0.05, 0.1) is 11.4 Å². The van der Waals surface area contributed by atoms with Gasteiger partial charge in [-0.25, -0.2) is 0 Å². The molecule has 2 aromatic carbocycles. The second kappa shape index (κ2) is 7.70. The first-order chi connectivity index (χ1) is 12.4. The van der Waals surface area contributed by atoms with Gasteiger partial charge in [0.15, 0.2) is 0 Å². The van der Waals surface area contributed by atoms with E-state index in [0.717, 1.165) is 11.4 Å². The highest BCUT2D eigenvalue weighted by atomic mass is 32.2. The number of aromatic nitrogens is 4. The van der Waals surface area contributed by atoms with E-state index in [2.05, 4.69) is 41.6 Å². The number of tetrazole rings is 1. The SMILES string of the molecule is CC(C)(C)c1ccc(NC(=O)CSc2nnnn2-c2ccccc2)cc1. The van der Waals surface area contributed by atoms with Gasteiger partial charge in [0.25, 0.3) is 0 Å². The van der Waals surface area contributed by atoms with Crippen molar-refractivity contribution in [2.45, 2.75) is 31.3 Å². The van der Waals surface area contributed by atoms with E-state index in [1.165, 1.54) is 17.3 Å². The highest BCUT2D eigenvalue weighted by Crippen LogP contribution is 2.24. The Labute approximate surface area is 157 Å². The maximum Gasteiger partial charge on any atom is 0.234 e.